The van der Waals surface area contributed by atoms with Crippen molar-refractivity contribution in [1.29, 1.82) is 0 Å². The lowest BCUT2D eigenvalue weighted by Crippen LogP contribution is -2.33. The number of hydroxylamine groups is 1. The predicted molar refractivity (Wildman–Crippen MR) is 116 cm³/mol. The first-order chi connectivity index (χ1) is 12.6. The van der Waals surface area contributed by atoms with Gasteiger partial charge in [-0.1, -0.05) is 30.3 Å². The van der Waals surface area contributed by atoms with Crippen molar-refractivity contribution in [2.45, 2.75) is 19.4 Å². The molecule has 0 saturated carbocycles. The molecule has 154 valence electrons. The maximum Gasteiger partial charge on any atom is 0.267 e. The fourth-order valence-corrected chi connectivity index (χ4v) is 2.52. The fourth-order valence-electron chi connectivity index (χ4n) is 2.52. The van der Waals surface area contributed by atoms with E-state index in [-0.39, 0.29) is 30.9 Å². The number of likely N-dealkylation sites (N-methyl/N-ethyl adjacent to an activating group) is 1. The number of benzene rings is 1. The Hall–Kier alpha value is -2.19. The van der Waals surface area contributed by atoms with Gasteiger partial charge in [-0.05, 0) is 32.0 Å². The predicted octanol–water partition coefficient (Wildman–Crippen LogP) is 2.81. The van der Waals surface area contributed by atoms with E-state index in [0.29, 0.717) is 11.5 Å². The molecule has 1 aromatic heterocycles. The van der Waals surface area contributed by atoms with Crippen LogP contribution in [-0.4, -0.2) is 52.2 Å². The van der Waals surface area contributed by atoms with Crippen LogP contribution in [0.15, 0.2) is 48.8 Å². The van der Waals surface area contributed by atoms with Crippen LogP contribution in [0, 0.1) is 0 Å². The molecule has 2 rings (SSSR count). The largest absolute Gasteiger partial charge is 0.365 e. The van der Waals surface area contributed by atoms with E-state index in [1.165, 1.54) is 23.2 Å². The maximum absolute atomic E-state index is 10.9. The highest BCUT2D eigenvalue weighted by Gasteiger charge is 2.07. The topological polar surface area (TPSA) is 90.4 Å². The molecule has 0 fully saturated rings. The van der Waals surface area contributed by atoms with Crippen LogP contribution in [0.4, 0.5) is 5.82 Å². The highest BCUT2D eigenvalue weighted by molar-refractivity contribution is 5.90. The molecule has 9 heteroatoms. The molecule has 1 aromatic carbocycles. The lowest BCUT2D eigenvalue weighted by atomic mass is 10.1. The molecule has 0 aliphatic rings. The average Bonchev–Trinajstić information content (AvgIpc) is 2.66. The first-order valence-corrected chi connectivity index (χ1v) is 8.50. The van der Waals surface area contributed by atoms with Crippen molar-refractivity contribution in [2.75, 3.05) is 25.5 Å². The molecule has 28 heavy (non-hydrogen) atoms. The second kappa shape index (κ2) is 13.9. The summed E-state index contributed by atoms with van der Waals surface area (Å²) >= 11 is 0. The molecule has 3 N–H and O–H groups in total. The Bertz CT molecular complexity index is 714. The van der Waals surface area contributed by atoms with E-state index in [0.717, 1.165) is 19.5 Å². The summed E-state index contributed by atoms with van der Waals surface area (Å²) in [4.78, 5) is 21.7. The van der Waals surface area contributed by atoms with Gasteiger partial charge in [-0.15, -0.1) is 24.8 Å². The Kier molecular flexibility index (Phi) is 12.8. The Balaban J connectivity index is 0.00000364. The molecule has 0 unspecified atom stereocenters. The zero-order valence-electron chi connectivity index (χ0n) is 15.9. The van der Waals surface area contributed by atoms with Crippen molar-refractivity contribution in [3.63, 3.8) is 0 Å². The molecule has 0 aliphatic heterocycles. The third-order valence-corrected chi connectivity index (χ3v) is 3.79. The van der Waals surface area contributed by atoms with Gasteiger partial charge in [-0.3, -0.25) is 15.0 Å². The van der Waals surface area contributed by atoms with Gasteiger partial charge in [-0.2, -0.15) is 0 Å². The summed E-state index contributed by atoms with van der Waals surface area (Å²) in [5, 5.41) is 11.7. The van der Waals surface area contributed by atoms with E-state index in [4.69, 9.17) is 5.21 Å². The van der Waals surface area contributed by atoms with Crippen molar-refractivity contribution < 1.29 is 10.0 Å². The third-order valence-electron chi connectivity index (χ3n) is 3.79. The zero-order valence-corrected chi connectivity index (χ0v) is 17.5. The summed E-state index contributed by atoms with van der Waals surface area (Å²) in [5.41, 5.74) is 3.39. The van der Waals surface area contributed by atoms with Gasteiger partial charge in [0.25, 0.3) is 5.91 Å². The van der Waals surface area contributed by atoms with Crippen molar-refractivity contribution in [2.24, 2.45) is 0 Å². The minimum absolute atomic E-state index is 0. The highest BCUT2D eigenvalue weighted by Crippen LogP contribution is 2.06. The van der Waals surface area contributed by atoms with E-state index in [1.54, 1.807) is 12.4 Å². The number of rotatable bonds is 9. The Morgan fingerprint density at radius 1 is 1.21 bits per heavy atom. The van der Waals surface area contributed by atoms with Gasteiger partial charge in [0.2, 0.25) is 0 Å². The van der Waals surface area contributed by atoms with Crippen LogP contribution in [0.5, 0.6) is 0 Å². The van der Waals surface area contributed by atoms with Crippen LogP contribution in [0.3, 0.4) is 0 Å². The van der Waals surface area contributed by atoms with Gasteiger partial charge >= 0.3 is 0 Å². The number of halogens is 2. The van der Waals surface area contributed by atoms with E-state index < -0.39 is 5.91 Å². The number of hydrogen-bond donors (Lipinski definition) is 3. The lowest BCUT2D eigenvalue weighted by Gasteiger charge is -2.22. The van der Waals surface area contributed by atoms with Crippen LogP contribution >= 0.6 is 24.8 Å². The van der Waals surface area contributed by atoms with Crippen molar-refractivity contribution >= 4 is 42.6 Å². The van der Waals surface area contributed by atoms with Crippen molar-refractivity contribution in [1.82, 2.24) is 20.3 Å². The summed E-state index contributed by atoms with van der Waals surface area (Å²) < 4.78 is 0. The average molecular weight is 428 g/mol. The standard InChI is InChI=1S/C19H25N5O2.2ClH/c1-15(14-24(2)11-10-16-6-4-3-5-7-16)22-18-13-20-17(12-21-18)8-9-19(25)23-26;;/h3-9,12-13,15,26H,10-11,14H2,1-2H3,(H,21,22)(H,23,25);2*1H/b9-8+;;/t15-;;/m1../s1. The van der Waals surface area contributed by atoms with Gasteiger partial charge in [-0.25, -0.2) is 10.5 Å². The summed E-state index contributed by atoms with van der Waals surface area (Å²) in [5.74, 6) is 0.0684. The molecule has 0 aliphatic carbocycles. The van der Waals surface area contributed by atoms with E-state index in [2.05, 4.69) is 58.4 Å². The van der Waals surface area contributed by atoms with Crippen LogP contribution < -0.4 is 10.8 Å². The number of amides is 1. The molecular formula is C19H27Cl2N5O2. The lowest BCUT2D eigenvalue weighted by molar-refractivity contribution is -0.124. The molecule has 1 atom stereocenters. The number of anilines is 1. The quantitative estimate of drug-likeness (QED) is 0.323. The number of carbonyl (C=O) groups is 1. The molecule has 1 heterocycles. The molecule has 0 bridgehead atoms. The number of carbonyl (C=O) groups excluding carboxylic acids is 1. The highest BCUT2D eigenvalue weighted by atomic mass is 35.5. The minimum Gasteiger partial charge on any atom is -0.365 e. The number of hydrogen-bond acceptors (Lipinski definition) is 6. The molecule has 2 aromatic rings. The van der Waals surface area contributed by atoms with Gasteiger partial charge in [0, 0.05) is 25.2 Å². The van der Waals surface area contributed by atoms with Crippen LogP contribution in [0.25, 0.3) is 6.08 Å². The summed E-state index contributed by atoms with van der Waals surface area (Å²) in [6.45, 7) is 3.96. The van der Waals surface area contributed by atoms with E-state index in [1.807, 2.05) is 6.07 Å². The van der Waals surface area contributed by atoms with Crippen molar-refractivity contribution in [3.05, 3.63) is 60.1 Å². The molecule has 0 radical (unpaired) electrons. The van der Waals surface area contributed by atoms with Gasteiger partial charge in [0.1, 0.15) is 5.82 Å². The Morgan fingerprint density at radius 3 is 2.54 bits per heavy atom. The van der Waals surface area contributed by atoms with E-state index in [9.17, 15) is 4.79 Å². The molecule has 0 spiro atoms. The van der Waals surface area contributed by atoms with Gasteiger partial charge < -0.3 is 10.2 Å². The smallest absolute Gasteiger partial charge is 0.267 e. The maximum atomic E-state index is 10.9. The first kappa shape index (κ1) is 25.8. The molecule has 1 amide bonds. The SMILES string of the molecule is C[C@H](CN(C)CCc1ccccc1)Nc1cnc(/C=C/C(=O)NO)cn1.Cl.Cl. The second-order valence-corrected chi connectivity index (χ2v) is 6.18. The minimum atomic E-state index is -0.610. The summed E-state index contributed by atoms with van der Waals surface area (Å²) in [7, 11) is 2.10. The first-order valence-electron chi connectivity index (χ1n) is 8.50. The molecule has 0 saturated heterocycles. The van der Waals surface area contributed by atoms with Crippen LogP contribution in [0.2, 0.25) is 0 Å². The fraction of sp³-hybridized carbons (Fsp3) is 0.316. The Labute approximate surface area is 178 Å². The number of aromatic nitrogens is 2. The van der Waals surface area contributed by atoms with Gasteiger partial charge in [0.15, 0.2) is 0 Å². The van der Waals surface area contributed by atoms with Crippen LogP contribution in [-0.2, 0) is 11.2 Å². The van der Waals surface area contributed by atoms with Crippen molar-refractivity contribution in [3.8, 4) is 0 Å². The second-order valence-electron chi connectivity index (χ2n) is 6.18. The zero-order chi connectivity index (χ0) is 18.8. The number of nitrogens with zero attached hydrogens (tertiary/aromatic N) is 3. The summed E-state index contributed by atoms with van der Waals surface area (Å²) in [6, 6.07) is 10.7. The number of nitrogens with one attached hydrogen (secondary N) is 2. The van der Waals surface area contributed by atoms with Gasteiger partial charge in [0.05, 0.1) is 18.1 Å². The molecular weight excluding hydrogens is 401 g/mol. The summed E-state index contributed by atoms with van der Waals surface area (Å²) in [6.07, 6.45) is 6.86. The van der Waals surface area contributed by atoms with Crippen LogP contribution in [0.1, 0.15) is 18.2 Å². The Morgan fingerprint density at radius 2 is 1.93 bits per heavy atom. The molecule has 7 nitrogen and oxygen atoms in total. The van der Waals surface area contributed by atoms with E-state index >= 15 is 0 Å². The normalized spacial score (nSPS) is 11.4. The third kappa shape index (κ3) is 9.66. The monoisotopic (exact) mass is 427 g/mol.